The second-order valence-electron chi connectivity index (χ2n) is 4.19. The highest BCUT2D eigenvalue weighted by Crippen LogP contribution is 2.18. The zero-order valence-corrected chi connectivity index (χ0v) is 10.2. The summed E-state index contributed by atoms with van der Waals surface area (Å²) >= 11 is 0. The van der Waals surface area contributed by atoms with Gasteiger partial charge in [0, 0.05) is 25.0 Å². The molecular formula is C13H15N5. The van der Waals surface area contributed by atoms with Gasteiger partial charge < -0.3 is 10.1 Å². The van der Waals surface area contributed by atoms with E-state index in [0.717, 1.165) is 29.4 Å². The summed E-state index contributed by atoms with van der Waals surface area (Å²) in [6.07, 6.45) is 6.52. The van der Waals surface area contributed by atoms with E-state index in [1.54, 1.807) is 6.20 Å². The third kappa shape index (κ3) is 1.60. The fraction of sp³-hybridized carbons (Fsp3) is 0.231. The van der Waals surface area contributed by atoms with Crippen LogP contribution in [0, 0.1) is 6.92 Å². The molecule has 0 saturated heterocycles. The molecule has 0 aliphatic carbocycles. The van der Waals surface area contributed by atoms with Gasteiger partial charge in [-0.2, -0.15) is 0 Å². The standard InChI is InChI=1S/C13H15N5/c1-10-15-7-9-17(10)13-11(5-6-14)18-8-3-2-4-12(18)16-13/h2-4,7-9H,5-6,14H2,1H3. The van der Waals surface area contributed by atoms with Gasteiger partial charge >= 0.3 is 0 Å². The van der Waals surface area contributed by atoms with Crippen LogP contribution in [0.15, 0.2) is 36.8 Å². The molecule has 0 aromatic carbocycles. The third-order valence-electron chi connectivity index (χ3n) is 3.04. The zero-order valence-electron chi connectivity index (χ0n) is 10.2. The van der Waals surface area contributed by atoms with Crippen LogP contribution in [-0.4, -0.2) is 25.5 Å². The molecule has 0 fully saturated rings. The molecule has 5 nitrogen and oxygen atoms in total. The lowest BCUT2D eigenvalue weighted by atomic mass is 10.3. The van der Waals surface area contributed by atoms with E-state index < -0.39 is 0 Å². The topological polar surface area (TPSA) is 61.1 Å². The Hall–Kier alpha value is -2.14. The number of nitrogens with two attached hydrogens (primary N) is 1. The van der Waals surface area contributed by atoms with Gasteiger partial charge in [0.25, 0.3) is 0 Å². The Morgan fingerprint density at radius 3 is 2.89 bits per heavy atom. The molecule has 3 aromatic heterocycles. The van der Waals surface area contributed by atoms with E-state index in [2.05, 4.69) is 14.4 Å². The van der Waals surface area contributed by atoms with Crippen LogP contribution < -0.4 is 5.73 Å². The number of imidazole rings is 2. The molecule has 3 aromatic rings. The van der Waals surface area contributed by atoms with Gasteiger partial charge in [-0.3, -0.25) is 4.57 Å². The van der Waals surface area contributed by atoms with Crippen LogP contribution in [0.2, 0.25) is 0 Å². The molecule has 0 aliphatic heterocycles. The third-order valence-corrected chi connectivity index (χ3v) is 3.04. The summed E-state index contributed by atoms with van der Waals surface area (Å²) in [7, 11) is 0. The molecule has 2 N–H and O–H groups in total. The molecule has 3 heterocycles. The van der Waals surface area contributed by atoms with Gasteiger partial charge in [0.1, 0.15) is 11.5 Å². The lowest BCUT2D eigenvalue weighted by Gasteiger charge is -2.05. The monoisotopic (exact) mass is 241 g/mol. The number of hydrogen-bond acceptors (Lipinski definition) is 3. The number of pyridine rings is 1. The SMILES string of the molecule is Cc1nccn1-c1nc2ccccn2c1CCN. The largest absolute Gasteiger partial charge is 0.330 e. The van der Waals surface area contributed by atoms with Crippen molar-refractivity contribution in [3.8, 4) is 5.82 Å². The first-order valence-electron chi connectivity index (χ1n) is 5.97. The van der Waals surface area contributed by atoms with Crippen molar-refractivity contribution in [1.82, 2.24) is 18.9 Å². The minimum absolute atomic E-state index is 0.601. The van der Waals surface area contributed by atoms with Crippen LogP contribution in [-0.2, 0) is 6.42 Å². The second-order valence-corrected chi connectivity index (χ2v) is 4.19. The Kier molecular flexibility index (Phi) is 2.60. The van der Waals surface area contributed by atoms with E-state index >= 15 is 0 Å². The Bertz CT molecular complexity index is 680. The highest BCUT2D eigenvalue weighted by molar-refractivity contribution is 5.49. The van der Waals surface area contributed by atoms with Gasteiger partial charge in [0.05, 0.1) is 5.69 Å². The van der Waals surface area contributed by atoms with Gasteiger partial charge in [0.2, 0.25) is 0 Å². The summed E-state index contributed by atoms with van der Waals surface area (Å²) in [5.74, 6) is 1.85. The van der Waals surface area contributed by atoms with Crippen LogP contribution >= 0.6 is 0 Å². The predicted molar refractivity (Wildman–Crippen MR) is 69.8 cm³/mol. The summed E-state index contributed by atoms with van der Waals surface area (Å²) in [6, 6.07) is 5.98. The lowest BCUT2D eigenvalue weighted by Crippen LogP contribution is -2.08. The number of aryl methyl sites for hydroxylation is 1. The smallest absolute Gasteiger partial charge is 0.160 e. The van der Waals surface area contributed by atoms with E-state index in [1.165, 1.54) is 0 Å². The van der Waals surface area contributed by atoms with Crippen LogP contribution in [0.4, 0.5) is 0 Å². The fourth-order valence-electron chi connectivity index (χ4n) is 2.20. The van der Waals surface area contributed by atoms with Gasteiger partial charge in [-0.25, -0.2) is 9.97 Å². The van der Waals surface area contributed by atoms with Gasteiger partial charge in [-0.15, -0.1) is 0 Å². The number of aromatic nitrogens is 4. The molecule has 0 atom stereocenters. The molecular weight excluding hydrogens is 226 g/mol. The fourth-order valence-corrected chi connectivity index (χ4v) is 2.20. The minimum atomic E-state index is 0.601. The quantitative estimate of drug-likeness (QED) is 0.752. The van der Waals surface area contributed by atoms with Crippen molar-refractivity contribution in [2.24, 2.45) is 5.73 Å². The molecule has 0 spiro atoms. The summed E-state index contributed by atoms with van der Waals surface area (Å²) in [6.45, 7) is 2.57. The maximum atomic E-state index is 5.71. The van der Waals surface area contributed by atoms with Crippen molar-refractivity contribution < 1.29 is 0 Å². The molecule has 0 bridgehead atoms. The van der Waals surface area contributed by atoms with Gasteiger partial charge in [-0.05, 0) is 25.6 Å². The normalized spacial score (nSPS) is 11.2. The summed E-state index contributed by atoms with van der Waals surface area (Å²) in [4.78, 5) is 8.91. The maximum Gasteiger partial charge on any atom is 0.160 e. The van der Waals surface area contributed by atoms with Gasteiger partial charge in [-0.1, -0.05) is 6.07 Å². The molecule has 0 saturated carbocycles. The predicted octanol–water partition coefficient (Wildman–Crippen LogP) is 1.33. The van der Waals surface area contributed by atoms with Crippen LogP contribution in [0.3, 0.4) is 0 Å². The average Bonchev–Trinajstić information content (AvgIpc) is 2.94. The maximum absolute atomic E-state index is 5.71. The van der Waals surface area contributed by atoms with Crippen LogP contribution in [0.5, 0.6) is 0 Å². The molecule has 5 heteroatoms. The van der Waals surface area contributed by atoms with E-state index in [4.69, 9.17) is 5.73 Å². The Balaban J connectivity index is 2.28. The van der Waals surface area contributed by atoms with E-state index in [9.17, 15) is 0 Å². The Morgan fingerprint density at radius 1 is 1.28 bits per heavy atom. The Labute approximate surface area is 105 Å². The highest BCUT2D eigenvalue weighted by Gasteiger charge is 2.13. The Morgan fingerprint density at radius 2 is 2.17 bits per heavy atom. The van der Waals surface area contributed by atoms with Crippen LogP contribution in [0.1, 0.15) is 11.5 Å². The first-order valence-corrected chi connectivity index (χ1v) is 5.97. The van der Waals surface area contributed by atoms with Crippen molar-refractivity contribution in [1.29, 1.82) is 0 Å². The highest BCUT2D eigenvalue weighted by atomic mass is 15.2. The molecule has 0 aliphatic rings. The van der Waals surface area contributed by atoms with Crippen LogP contribution in [0.25, 0.3) is 11.5 Å². The van der Waals surface area contributed by atoms with E-state index in [0.29, 0.717) is 6.54 Å². The molecule has 3 rings (SSSR count). The van der Waals surface area contributed by atoms with Crippen molar-refractivity contribution in [3.63, 3.8) is 0 Å². The number of fused-ring (bicyclic) bond motifs is 1. The van der Waals surface area contributed by atoms with Crippen molar-refractivity contribution in [2.75, 3.05) is 6.54 Å². The zero-order chi connectivity index (χ0) is 12.5. The van der Waals surface area contributed by atoms with Crippen molar-refractivity contribution >= 4 is 5.65 Å². The van der Waals surface area contributed by atoms with E-state index in [1.807, 2.05) is 42.1 Å². The molecule has 18 heavy (non-hydrogen) atoms. The number of rotatable bonds is 3. The molecule has 92 valence electrons. The molecule has 0 unspecified atom stereocenters. The lowest BCUT2D eigenvalue weighted by molar-refractivity contribution is 0.862. The molecule has 0 radical (unpaired) electrons. The van der Waals surface area contributed by atoms with Gasteiger partial charge in [0.15, 0.2) is 5.82 Å². The minimum Gasteiger partial charge on any atom is -0.330 e. The van der Waals surface area contributed by atoms with Crippen molar-refractivity contribution in [2.45, 2.75) is 13.3 Å². The second kappa shape index (κ2) is 4.27. The first-order chi connectivity index (χ1) is 8.81. The molecule has 0 amide bonds. The summed E-state index contributed by atoms with van der Waals surface area (Å²) < 4.78 is 4.08. The van der Waals surface area contributed by atoms with E-state index in [-0.39, 0.29) is 0 Å². The number of hydrogen-bond donors (Lipinski definition) is 1. The number of nitrogens with zero attached hydrogens (tertiary/aromatic N) is 4. The average molecular weight is 241 g/mol. The first kappa shape index (κ1) is 11.0. The summed E-state index contributed by atoms with van der Waals surface area (Å²) in [5.41, 5.74) is 7.76. The summed E-state index contributed by atoms with van der Waals surface area (Å²) in [5, 5.41) is 0. The van der Waals surface area contributed by atoms with Crippen molar-refractivity contribution in [3.05, 3.63) is 48.3 Å².